The van der Waals surface area contributed by atoms with Crippen molar-refractivity contribution in [1.29, 1.82) is 0 Å². The highest BCUT2D eigenvalue weighted by molar-refractivity contribution is 5.38. The minimum Gasteiger partial charge on any atom is -0.378 e. The number of hydrogen-bond acceptors (Lipinski definition) is 1. The minimum atomic E-state index is -4.07. The maximum atomic E-state index is 14.3. The molecule has 1 heterocycles. The van der Waals surface area contributed by atoms with Crippen molar-refractivity contribution in [3.8, 4) is 0 Å². The fourth-order valence-corrected chi connectivity index (χ4v) is 4.42. The first kappa shape index (κ1) is 18.0. The van der Waals surface area contributed by atoms with Gasteiger partial charge in [-0.05, 0) is 70.1 Å². The number of ether oxygens (including phenoxy) is 1. The Morgan fingerprint density at radius 3 is 2.08 bits per heavy atom. The molecule has 2 atom stereocenters. The van der Waals surface area contributed by atoms with Gasteiger partial charge >= 0.3 is 11.8 Å². The zero-order valence-corrected chi connectivity index (χ0v) is 14.3. The number of alkyl halides is 4. The Kier molecular flexibility index (Phi) is 4.84. The van der Waals surface area contributed by atoms with Crippen LogP contribution in [0.5, 0.6) is 0 Å². The summed E-state index contributed by atoms with van der Waals surface area (Å²) < 4.78 is 62.1. The van der Waals surface area contributed by atoms with E-state index in [2.05, 4.69) is 6.92 Å². The molecule has 136 valence electrons. The minimum absolute atomic E-state index is 0.306. The van der Waals surface area contributed by atoms with Gasteiger partial charge < -0.3 is 4.74 Å². The van der Waals surface area contributed by atoms with Crippen LogP contribution in [0.15, 0.2) is 23.3 Å². The second-order valence-electron chi connectivity index (χ2n) is 7.71. The molecule has 1 saturated heterocycles. The van der Waals surface area contributed by atoms with Gasteiger partial charge in [0.2, 0.25) is 0 Å². The molecule has 0 spiro atoms. The first-order valence-corrected chi connectivity index (χ1v) is 9.00. The summed E-state index contributed by atoms with van der Waals surface area (Å²) in [7, 11) is 0. The molecular formula is C19H26F4O. The molecule has 1 saturated carbocycles. The van der Waals surface area contributed by atoms with Gasteiger partial charge in [0.15, 0.2) is 0 Å². The molecule has 0 aromatic heterocycles. The highest BCUT2D eigenvalue weighted by Crippen LogP contribution is 2.52. The van der Waals surface area contributed by atoms with Gasteiger partial charge in [0, 0.05) is 11.1 Å². The third kappa shape index (κ3) is 3.04. The number of hydrogen-bond donors (Lipinski definition) is 0. The highest BCUT2D eigenvalue weighted by atomic mass is 19.3. The van der Waals surface area contributed by atoms with Crippen LogP contribution < -0.4 is 0 Å². The third-order valence-corrected chi connectivity index (χ3v) is 6.18. The van der Waals surface area contributed by atoms with E-state index in [1.807, 2.05) is 0 Å². The van der Waals surface area contributed by atoms with Gasteiger partial charge in [-0.15, -0.1) is 0 Å². The fraction of sp³-hybridized carbons (Fsp3) is 0.789. The molecule has 3 aliphatic rings. The van der Waals surface area contributed by atoms with E-state index < -0.39 is 23.3 Å². The molecule has 0 bridgehead atoms. The highest BCUT2D eigenvalue weighted by Gasteiger charge is 2.61. The van der Waals surface area contributed by atoms with Crippen LogP contribution in [0.4, 0.5) is 17.6 Å². The summed E-state index contributed by atoms with van der Waals surface area (Å²) in [6.45, 7) is 3.89. The Bertz CT molecular complexity index is 521. The van der Waals surface area contributed by atoms with Crippen LogP contribution >= 0.6 is 0 Å². The van der Waals surface area contributed by atoms with Crippen LogP contribution in [0.3, 0.4) is 0 Å². The molecular weight excluding hydrogens is 320 g/mol. The van der Waals surface area contributed by atoms with Gasteiger partial charge in [0.25, 0.3) is 0 Å². The van der Waals surface area contributed by atoms with Crippen molar-refractivity contribution in [1.82, 2.24) is 0 Å². The number of allylic oxidation sites excluding steroid dienone is 4. The van der Waals surface area contributed by atoms with Gasteiger partial charge in [-0.1, -0.05) is 12.2 Å². The predicted molar refractivity (Wildman–Crippen MR) is 85.3 cm³/mol. The molecule has 0 radical (unpaired) electrons. The lowest BCUT2D eigenvalue weighted by Gasteiger charge is -2.40. The molecule has 0 N–H and O–H groups in total. The number of rotatable bonds is 2. The summed E-state index contributed by atoms with van der Waals surface area (Å²) in [5.41, 5.74) is -0.927. The van der Waals surface area contributed by atoms with E-state index in [1.165, 1.54) is 6.08 Å². The Morgan fingerprint density at radius 1 is 0.875 bits per heavy atom. The fourth-order valence-electron chi connectivity index (χ4n) is 4.42. The predicted octanol–water partition coefficient (Wildman–Crippen LogP) is 5.76. The van der Waals surface area contributed by atoms with E-state index in [0.717, 1.165) is 45.3 Å². The lowest BCUT2D eigenvalue weighted by Crippen LogP contribution is -2.47. The maximum absolute atomic E-state index is 14.3. The molecule has 1 nitrogen and oxygen atoms in total. The molecule has 24 heavy (non-hydrogen) atoms. The average molecular weight is 346 g/mol. The lowest BCUT2D eigenvalue weighted by atomic mass is 9.70. The molecule has 2 unspecified atom stereocenters. The zero-order chi connectivity index (χ0) is 17.5. The summed E-state index contributed by atoms with van der Waals surface area (Å²) in [6.07, 6.45) is 7.67. The quantitative estimate of drug-likeness (QED) is 0.577. The van der Waals surface area contributed by atoms with Gasteiger partial charge in [-0.25, -0.2) is 0 Å². The molecule has 1 aliphatic heterocycles. The van der Waals surface area contributed by atoms with Crippen LogP contribution in [0, 0.1) is 17.8 Å². The Labute approximate surface area is 141 Å². The van der Waals surface area contributed by atoms with Crippen molar-refractivity contribution in [3.05, 3.63) is 23.3 Å². The standard InChI is InChI=1S/C19H26F4O/c1-12-3-10-17(19(22,23)18(12,20)21)15-8-6-14(7-9-15)16-5-4-13(2)24-11-16/h3,10,13-16H,4-9,11H2,1-2H3. The largest absolute Gasteiger partial charge is 0.378 e. The van der Waals surface area contributed by atoms with Crippen LogP contribution in [0.25, 0.3) is 0 Å². The van der Waals surface area contributed by atoms with Gasteiger partial charge in [-0.3, -0.25) is 0 Å². The van der Waals surface area contributed by atoms with Crippen LogP contribution in [0.2, 0.25) is 0 Å². The monoisotopic (exact) mass is 346 g/mol. The molecule has 0 aromatic carbocycles. The molecule has 2 aliphatic carbocycles. The summed E-state index contributed by atoms with van der Waals surface area (Å²) in [4.78, 5) is 0. The normalized spacial score (nSPS) is 39.1. The van der Waals surface area contributed by atoms with Gasteiger partial charge in [-0.2, -0.15) is 17.6 Å². The third-order valence-electron chi connectivity index (χ3n) is 6.18. The molecule has 0 amide bonds. The van der Waals surface area contributed by atoms with E-state index >= 15 is 0 Å². The van der Waals surface area contributed by atoms with Crippen molar-refractivity contribution in [2.45, 2.75) is 70.3 Å². The zero-order valence-electron chi connectivity index (χ0n) is 14.3. The first-order valence-electron chi connectivity index (χ1n) is 9.00. The van der Waals surface area contributed by atoms with Gasteiger partial charge in [0.1, 0.15) is 0 Å². The summed E-state index contributed by atoms with van der Waals surface area (Å²) >= 11 is 0. The Balaban J connectivity index is 1.64. The van der Waals surface area contributed by atoms with Crippen molar-refractivity contribution < 1.29 is 22.3 Å². The first-order chi connectivity index (χ1) is 11.2. The topological polar surface area (TPSA) is 9.23 Å². The second-order valence-corrected chi connectivity index (χ2v) is 7.71. The molecule has 3 rings (SSSR count). The molecule has 5 heteroatoms. The van der Waals surface area contributed by atoms with Crippen LogP contribution in [-0.2, 0) is 4.74 Å². The van der Waals surface area contributed by atoms with Crippen molar-refractivity contribution in [3.63, 3.8) is 0 Å². The van der Waals surface area contributed by atoms with E-state index in [4.69, 9.17) is 4.74 Å². The van der Waals surface area contributed by atoms with Gasteiger partial charge in [0.05, 0.1) is 12.7 Å². The summed E-state index contributed by atoms with van der Waals surface area (Å²) in [5.74, 6) is -7.60. The van der Waals surface area contributed by atoms with Crippen molar-refractivity contribution >= 4 is 0 Å². The van der Waals surface area contributed by atoms with Crippen LogP contribution in [0.1, 0.15) is 52.4 Å². The number of halogens is 4. The average Bonchev–Trinajstić information content (AvgIpc) is 2.54. The molecule has 2 fully saturated rings. The summed E-state index contributed by atoms with van der Waals surface area (Å²) in [6, 6.07) is 0. The van der Waals surface area contributed by atoms with E-state index in [0.29, 0.717) is 30.8 Å². The summed E-state index contributed by atoms with van der Waals surface area (Å²) in [5, 5.41) is 0. The van der Waals surface area contributed by atoms with E-state index in [1.54, 1.807) is 0 Å². The lowest BCUT2D eigenvalue weighted by molar-refractivity contribution is -0.168. The molecule has 0 aromatic rings. The SMILES string of the molecule is CC1=CC=C(C2CCC(C3CCC(C)OC3)CC2)C(F)(F)C1(F)F. The van der Waals surface area contributed by atoms with Crippen LogP contribution in [-0.4, -0.2) is 24.6 Å². The van der Waals surface area contributed by atoms with E-state index in [-0.39, 0.29) is 5.57 Å². The smallest absolute Gasteiger partial charge is 0.336 e. The van der Waals surface area contributed by atoms with Crippen molar-refractivity contribution in [2.24, 2.45) is 17.8 Å². The Hall–Kier alpha value is -0.840. The Morgan fingerprint density at radius 2 is 1.50 bits per heavy atom. The maximum Gasteiger partial charge on any atom is 0.336 e. The van der Waals surface area contributed by atoms with E-state index in [9.17, 15) is 17.6 Å². The van der Waals surface area contributed by atoms with Crippen molar-refractivity contribution in [2.75, 3.05) is 6.61 Å². The second kappa shape index (κ2) is 6.47.